The molecule has 0 spiro atoms. The first-order chi connectivity index (χ1) is 10.4. The van der Waals surface area contributed by atoms with E-state index in [0.717, 1.165) is 11.1 Å². The Hall–Kier alpha value is -2.26. The number of halogens is 1. The number of phenols is 1. The molecule has 0 heterocycles. The summed E-state index contributed by atoms with van der Waals surface area (Å²) >= 11 is 5.92. The molecule has 0 amide bonds. The lowest BCUT2D eigenvalue weighted by atomic mass is 10.0. The topological polar surface area (TPSA) is 46.5 Å². The molecule has 2 rings (SSSR count). The SMILES string of the molecule is COc1cc(/C=C/C(=O)c2ccc(C)c(C)c2)cc(Cl)c1O. The average Bonchev–Trinajstić information content (AvgIpc) is 2.50. The first-order valence-corrected chi connectivity index (χ1v) is 7.16. The van der Waals surface area contributed by atoms with Crippen LogP contribution in [-0.4, -0.2) is 18.0 Å². The minimum Gasteiger partial charge on any atom is -0.503 e. The number of hydrogen-bond acceptors (Lipinski definition) is 3. The Morgan fingerprint density at radius 1 is 1.18 bits per heavy atom. The zero-order valence-electron chi connectivity index (χ0n) is 12.7. The summed E-state index contributed by atoms with van der Waals surface area (Å²) in [7, 11) is 1.44. The van der Waals surface area contributed by atoms with Gasteiger partial charge in [-0.1, -0.05) is 29.8 Å². The molecule has 0 unspecified atom stereocenters. The van der Waals surface area contributed by atoms with Crippen LogP contribution in [0.25, 0.3) is 6.08 Å². The Morgan fingerprint density at radius 2 is 1.91 bits per heavy atom. The van der Waals surface area contributed by atoms with Gasteiger partial charge >= 0.3 is 0 Å². The number of rotatable bonds is 4. The van der Waals surface area contributed by atoms with Crippen molar-refractivity contribution in [2.24, 2.45) is 0 Å². The summed E-state index contributed by atoms with van der Waals surface area (Å²) in [6.07, 6.45) is 3.12. The summed E-state index contributed by atoms with van der Waals surface area (Å²) in [6, 6.07) is 8.79. The normalized spacial score (nSPS) is 10.9. The van der Waals surface area contributed by atoms with E-state index >= 15 is 0 Å². The standard InChI is InChI=1S/C18H17ClO3/c1-11-4-6-14(8-12(11)2)16(20)7-5-13-9-15(19)18(21)17(10-13)22-3/h4-10,21H,1-3H3/b7-5+. The summed E-state index contributed by atoms with van der Waals surface area (Å²) in [5.41, 5.74) is 3.54. The Kier molecular flexibility index (Phi) is 4.88. The lowest BCUT2D eigenvalue weighted by Gasteiger charge is -2.06. The van der Waals surface area contributed by atoms with Crippen LogP contribution in [0.2, 0.25) is 5.02 Å². The number of phenolic OH excluding ortho intramolecular Hbond substituents is 1. The molecule has 2 aromatic rings. The third-order valence-electron chi connectivity index (χ3n) is 3.49. The van der Waals surface area contributed by atoms with E-state index in [2.05, 4.69) is 0 Å². The van der Waals surface area contributed by atoms with Crippen LogP contribution in [0.3, 0.4) is 0 Å². The molecular weight excluding hydrogens is 300 g/mol. The van der Waals surface area contributed by atoms with Gasteiger partial charge < -0.3 is 9.84 Å². The van der Waals surface area contributed by atoms with Crippen molar-refractivity contribution in [1.29, 1.82) is 0 Å². The molecule has 4 heteroatoms. The van der Waals surface area contributed by atoms with Crippen molar-refractivity contribution >= 4 is 23.5 Å². The maximum Gasteiger partial charge on any atom is 0.185 e. The van der Waals surface area contributed by atoms with E-state index in [-0.39, 0.29) is 22.3 Å². The number of methoxy groups -OCH3 is 1. The van der Waals surface area contributed by atoms with Crippen LogP contribution in [0.1, 0.15) is 27.0 Å². The van der Waals surface area contributed by atoms with E-state index in [1.807, 2.05) is 26.0 Å². The van der Waals surface area contributed by atoms with Crippen LogP contribution >= 0.6 is 11.6 Å². The molecule has 0 saturated carbocycles. The lowest BCUT2D eigenvalue weighted by molar-refractivity contribution is 0.104. The molecule has 3 nitrogen and oxygen atoms in total. The van der Waals surface area contributed by atoms with Crippen molar-refractivity contribution in [2.45, 2.75) is 13.8 Å². The van der Waals surface area contributed by atoms with E-state index < -0.39 is 0 Å². The van der Waals surface area contributed by atoms with Crippen molar-refractivity contribution in [1.82, 2.24) is 0 Å². The largest absolute Gasteiger partial charge is 0.503 e. The van der Waals surface area contributed by atoms with Crippen molar-refractivity contribution < 1.29 is 14.6 Å². The van der Waals surface area contributed by atoms with Crippen molar-refractivity contribution in [3.63, 3.8) is 0 Å². The zero-order valence-corrected chi connectivity index (χ0v) is 13.4. The predicted molar refractivity (Wildman–Crippen MR) is 88.9 cm³/mol. The Labute approximate surface area is 134 Å². The average molecular weight is 317 g/mol. The van der Waals surface area contributed by atoms with Gasteiger partial charge in [0, 0.05) is 5.56 Å². The number of carbonyl (C=O) groups excluding carboxylic acids is 1. The minimum atomic E-state index is -0.109. The first kappa shape index (κ1) is 16.1. The third kappa shape index (κ3) is 3.49. The van der Waals surface area contributed by atoms with Gasteiger partial charge in [0.15, 0.2) is 17.3 Å². The second-order valence-corrected chi connectivity index (χ2v) is 5.46. The molecule has 0 atom stereocenters. The van der Waals surface area contributed by atoms with Crippen molar-refractivity contribution in [3.8, 4) is 11.5 Å². The third-order valence-corrected chi connectivity index (χ3v) is 3.78. The van der Waals surface area contributed by atoms with Gasteiger partial charge in [0.25, 0.3) is 0 Å². The Balaban J connectivity index is 2.26. The van der Waals surface area contributed by atoms with E-state index in [1.54, 1.807) is 24.3 Å². The molecule has 0 bridgehead atoms. The highest BCUT2D eigenvalue weighted by Gasteiger charge is 2.08. The summed E-state index contributed by atoms with van der Waals surface area (Å²) in [4.78, 5) is 12.2. The Morgan fingerprint density at radius 3 is 2.55 bits per heavy atom. The van der Waals surface area contributed by atoms with Crippen LogP contribution in [0, 0.1) is 13.8 Å². The molecule has 0 aliphatic rings. The molecule has 0 aliphatic carbocycles. The Bertz CT molecular complexity index is 748. The van der Waals surface area contributed by atoms with E-state index in [0.29, 0.717) is 11.1 Å². The number of allylic oxidation sites excluding steroid dienone is 1. The van der Waals surface area contributed by atoms with Gasteiger partial charge in [-0.3, -0.25) is 4.79 Å². The number of ether oxygens (including phenoxy) is 1. The molecule has 2 aromatic carbocycles. The molecule has 0 radical (unpaired) electrons. The fourth-order valence-corrected chi connectivity index (χ4v) is 2.23. The number of hydrogen-bond donors (Lipinski definition) is 1. The zero-order chi connectivity index (χ0) is 16.3. The minimum absolute atomic E-state index is 0.0914. The highest BCUT2D eigenvalue weighted by atomic mass is 35.5. The van der Waals surface area contributed by atoms with Gasteiger partial charge in [-0.25, -0.2) is 0 Å². The van der Waals surface area contributed by atoms with Crippen molar-refractivity contribution in [2.75, 3.05) is 7.11 Å². The maximum atomic E-state index is 12.2. The van der Waals surface area contributed by atoms with Crippen LogP contribution in [0.15, 0.2) is 36.4 Å². The molecular formula is C18H17ClO3. The van der Waals surface area contributed by atoms with E-state index in [4.69, 9.17) is 16.3 Å². The summed E-state index contributed by atoms with van der Waals surface area (Å²) in [6.45, 7) is 3.98. The molecule has 0 aromatic heterocycles. The second kappa shape index (κ2) is 6.67. The highest BCUT2D eigenvalue weighted by molar-refractivity contribution is 6.32. The summed E-state index contributed by atoms with van der Waals surface area (Å²) < 4.78 is 5.03. The predicted octanol–water partition coefficient (Wildman–Crippen LogP) is 4.57. The molecule has 0 aliphatic heterocycles. The number of benzene rings is 2. The summed E-state index contributed by atoms with van der Waals surface area (Å²) in [5, 5.41) is 9.86. The van der Waals surface area contributed by atoms with Crippen LogP contribution < -0.4 is 4.74 Å². The monoisotopic (exact) mass is 316 g/mol. The summed E-state index contributed by atoms with van der Waals surface area (Å²) in [5.74, 6) is 0.0684. The molecule has 22 heavy (non-hydrogen) atoms. The lowest BCUT2D eigenvalue weighted by Crippen LogP contribution is -1.95. The molecule has 114 valence electrons. The first-order valence-electron chi connectivity index (χ1n) is 6.78. The van der Waals surface area contributed by atoms with Crippen molar-refractivity contribution in [3.05, 3.63) is 63.7 Å². The van der Waals surface area contributed by atoms with Crippen LogP contribution in [-0.2, 0) is 0 Å². The fourth-order valence-electron chi connectivity index (χ4n) is 2.01. The number of aryl methyl sites for hydroxylation is 2. The van der Waals surface area contributed by atoms with Gasteiger partial charge in [0.1, 0.15) is 0 Å². The van der Waals surface area contributed by atoms with Gasteiger partial charge in [-0.05, 0) is 54.8 Å². The molecule has 0 fully saturated rings. The van der Waals surface area contributed by atoms with Gasteiger partial charge in [-0.2, -0.15) is 0 Å². The quantitative estimate of drug-likeness (QED) is 0.664. The number of aromatic hydroxyl groups is 1. The second-order valence-electron chi connectivity index (χ2n) is 5.05. The van der Waals surface area contributed by atoms with Crippen LogP contribution in [0.4, 0.5) is 0 Å². The van der Waals surface area contributed by atoms with Gasteiger partial charge in [0.2, 0.25) is 0 Å². The maximum absolute atomic E-state index is 12.2. The fraction of sp³-hybridized carbons (Fsp3) is 0.167. The number of carbonyl (C=O) groups is 1. The molecule has 0 saturated heterocycles. The highest BCUT2D eigenvalue weighted by Crippen LogP contribution is 2.35. The van der Waals surface area contributed by atoms with E-state index in [1.165, 1.54) is 13.2 Å². The smallest absolute Gasteiger partial charge is 0.185 e. The molecule has 1 N–H and O–H groups in total. The van der Waals surface area contributed by atoms with Gasteiger partial charge in [0.05, 0.1) is 12.1 Å². The van der Waals surface area contributed by atoms with Crippen LogP contribution in [0.5, 0.6) is 11.5 Å². The number of ketones is 1. The van der Waals surface area contributed by atoms with E-state index in [9.17, 15) is 9.90 Å². The van der Waals surface area contributed by atoms with Gasteiger partial charge in [-0.15, -0.1) is 0 Å².